The Labute approximate surface area is 98.2 Å². The first kappa shape index (κ1) is 13.7. The van der Waals surface area contributed by atoms with Gasteiger partial charge in [-0.3, -0.25) is 9.28 Å². The Hall–Kier alpha value is -1.36. The first-order valence-corrected chi connectivity index (χ1v) is 5.08. The zero-order valence-electron chi connectivity index (χ0n) is 10.2. The summed E-state index contributed by atoms with van der Waals surface area (Å²) in [5.41, 5.74) is -1.02. The molecule has 0 atom stereocenters. The summed E-state index contributed by atoms with van der Waals surface area (Å²) >= 11 is 0. The van der Waals surface area contributed by atoms with Crippen molar-refractivity contribution in [2.24, 2.45) is 0 Å². The van der Waals surface area contributed by atoms with Crippen LogP contribution in [0.3, 0.4) is 0 Å². The number of rotatable bonds is 2. The Morgan fingerprint density at radius 1 is 1.18 bits per heavy atom. The third-order valence-corrected chi connectivity index (χ3v) is 2.43. The molecule has 0 aromatic heterocycles. The minimum Gasteiger partial charge on any atom is -0.298 e. The van der Waals surface area contributed by atoms with E-state index < -0.39 is 17.5 Å². The molecule has 2 nitrogen and oxygen atoms in total. The zero-order chi connectivity index (χ0) is 13.4. The Balaban J connectivity index is 3.64. The van der Waals surface area contributed by atoms with Crippen LogP contribution in [0.15, 0.2) is 18.2 Å². The maximum Gasteiger partial charge on any atom is 0.422 e. The van der Waals surface area contributed by atoms with Crippen molar-refractivity contribution in [3.05, 3.63) is 29.3 Å². The second-order valence-electron chi connectivity index (χ2n) is 4.77. The van der Waals surface area contributed by atoms with Crippen LogP contribution in [0.25, 0.3) is 0 Å². The van der Waals surface area contributed by atoms with E-state index in [1.807, 2.05) is 0 Å². The highest BCUT2D eigenvalue weighted by Crippen LogP contribution is 2.40. The van der Waals surface area contributed by atoms with E-state index in [1.54, 1.807) is 21.1 Å². The minimum absolute atomic E-state index is 0.00988. The molecule has 17 heavy (non-hydrogen) atoms. The average Bonchev–Trinajstić information content (AvgIpc) is 2.13. The molecule has 0 radical (unpaired) electrons. The van der Waals surface area contributed by atoms with Gasteiger partial charge in [0.15, 0.2) is 5.78 Å². The lowest BCUT2D eigenvalue weighted by Gasteiger charge is -2.27. The molecular formula is C12H15F3NO+. The van der Waals surface area contributed by atoms with Gasteiger partial charge in [0.05, 0.1) is 21.1 Å². The number of alkyl halides is 3. The van der Waals surface area contributed by atoms with E-state index >= 15 is 0 Å². The smallest absolute Gasteiger partial charge is 0.298 e. The standard InChI is InChI=1S/C12H15F3NO/c1-8(17)9-6-5-7-10(16(2,3)4)11(9)12(13,14)15/h5-7H,1-4H3/q+1. The van der Waals surface area contributed by atoms with E-state index in [4.69, 9.17) is 0 Å². The van der Waals surface area contributed by atoms with Crippen molar-refractivity contribution >= 4 is 11.5 Å². The fourth-order valence-corrected chi connectivity index (χ4v) is 1.69. The first-order chi connectivity index (χ1) is 7.55. The fourth-order valence-electron chi connectivity index (χ4n) is 1.69. The molecule has 0 aliphatic carbocycles. The van der Waals surface area contributed by atoms with Crippen molar-refractivity contribution in [1.29, 1.82) is 0 Å². The topological polar surface area (TPSA) is 17.1 Å². The molecule has 94 valence electrons. The summed E-state index contributed by atoms with van der Waals surface area (Å²) in [4.78, 5) is 11.3. The van der Waals surface area contributed by atoms with Crippen LogP contribution in [0.1, 0.15) is 22.8 Å². The number of hydrogen-bond acceptors (Lipinski definition) is 1. The van der Waals surface area contributed by atoms with Crippen LogP contribution in [0, 0.1) is 0 Å². The van der Waals surface area contributed by atoms with Gasteiger partial charge in [-0.2, -0.15) is 13.2 Å². The molecule has 0 fully saturated rings. The highest BCUT2D eigenvalue weighted by molar-refractivity contribution is 5.97. The summed E-state index contributed by atoms with van der Waals surface area (Å²) in [6, 6.07) is 4.09. The molecule has 0 saturated heterocycles. The number of halogens is 3. The normalized spacial score (nSPS) is 12.6. The maximum absolute atomic E-state index is 13.0. The first-order valence-electron chi connectivity index (χ1n) is 5.08. The molecule has 0 saturated carbocycles. The minimum atomic E-state index is -4.52. The molecule has 0 heterocycles. The largest absolute Gasteiger partial charge is 0.422 e. The summed E-state index contributed by atoms with van der Waals surface area (Å²) in [5.74, 6) is -0.576. The lowest BCUT2D eigenvalue weighted by Crippen LogP contribution is -2.37. The summed E-state index contributed by atoms with van der Waals surface area (Å²) in [5, 5.41) is 0. The molecule has 0 aliphatic rings. The van der Waals surface area contributed by atoms with Gasteiger partial charge in [-0.1, -0.05) is 12.1 Å². The molecule has 0 bridgehead atoms. The fraction of sp³-hybridized carbons (Fsp3) is 0.417. The van der Waals surface area contributed by atoms with Crippen molar-refractivity contribution in [3.8, 4) is 0 Å². The summed E-state index contributed by atoms with van der Waals surface area (Å²) in [7, 11) is 4.90. The molecule has 0 N–H and O–H groups in total. The van der Waals surface area contributed by atoms with Crippen LogP contribution in [-0.4, -0.2) is 26.9 Å². The van der Waals surface area contributed by atoms with Gasteiger partial charge >= 0.3 is 6.18 Å². The molecule has 1 aromatic carbocycles. The van der Waals surface area contributed by atoms with Crippen LogP contribution in [0.5, 0.6) is 0 Å². The number of benzene rings is 1. The SMILES string of the molecule is CC(=O)c1cccc([N+](C)(C)C)c1C(F)(F)F. The number of quaternary nitrogens is 1. The molecular weight excluding hydrogens is 231 g/mol. The lowest BCUT2D eigenvalue weighted by atomic mass is 10.0. The van der Waals surface area contributed by atoms with E-state index in [0.29, 0.717) is 0 Å². The van der Waals surface area contributed by atoms with Gasteiger partial charge in [-0.25, -0.2) is 0 Å². The average molecular weight is 246 g/mol. The van der Waals surface area contributed by atoms with Gasteiger partial charge in [-0.15, -0.1) is 0 Å². The maximum atomic E-state index is 13.0. The van der Waals surface area contributed by atoms with Crippen molar-refractivity contribution in [2.45, 2.75) is 13.1 Å². The number of hydrogen-bond donors (Lipinski definition) is 0. The van der Waals surface area contributed by atoms with E-state index in [1.165, 1.54) is 18.2 Å². The van der Waals surface area contributed by atoms with Gasteiger partial charge < -0.3 is 0 Å². The lowest BCUT2D eigenvalue weighted by molar-refractivity contribution is -0.138. The molecule has 1 aromatic rings. The zero-order valence-corrected chi connectivity index (χ0v) is 10.2. The molecule has 0 aliphatic heterocycles. The summed E-state index contributed by atoms with van der Waals surface area (Å²) < 4.78 is 39.1. The Bertz CT molecular complexity index is 444. The Kier molecular flexibility index (Phi) is 3.34. The quantitative estimate of drug-likeness (QED) is 0.579. The summed E-state index contributed by atoms with van der Waals surface area (Å²) in [6.45, 7) is 1.14. The monoisotopic (exact) mass is 246 g/mol. The van der Waals surface area contributed by atoms with E-state index in [0.717, 1.165) is 6.92 Å². The third-order valence-electron chi connectivity index (χ3n) is 2.43. The number of carbonyl (C=O) groups excluding carboxylic acids is 1. The van der Waals surface area contributed by atoms with Crippen LogP contribution >= 0.6 is 0 Å². The molecule has 0 amide bonds. The second kappa shape index (κ2) is 4.14. The third kappa shape index (κ3) is 2.85. The van der Waals surface area contributed by atoms with Crippen LogP contribution in [0.4, 0.5) is 18.9 Å². The van der Waals surface area contributed by atoms with Crippen molar-refractivity contribution in [2.75, 3.05) is 21.1 Å². The number of nitrogens with zero attached hydrogens (tertiary/aromatic N) is 1. The molecule has 0 spiro atoms. The number of carbonyl (C=O) groups is 1. The highest BCUT2D eigenvalue weighted by atomic mass is 19.4. The van der Waals surface area contributed by atoms with Gasteiger partial charge in [0.1, 0.15) is 11.3 Å². The second-order valence-corrected chi connectivity index (χ2v) is 4.77. The molecule has 5 heteroatoms. The van der Waals surface area contributed by atoms with Gasteiger partial charge in [0, 0.05) is 5.56 Å². The predicted octanol–water partition coefficient (Wildman–Crippen LogP) is 3.10. The number of ketones is 1. The number of Topliss-reactive ketones (excluding diaryl/α,β-unsaturated/α-hetero) is 1. The van der Waals surface area contributed by atoms with Gasteiger partial charge in [0.25, 0.3) is 0 Å². The Morgan fingerprint density at radius 3 is 2.06 bits per heavy atom. The van der Waals surface area contributed by atoms with E-state index in [2.05, 4.69) is 0 Å². The van der Waals surface area contributed by atoms with Crippen molar-refractivity contribution in [3.63, 3.8) is 0 Å². The van der Waals surface area contributed by atoms with Crippen LogP contribution in [0.2, 0.25) is 0 Å². The van der Waals surface area contributed by atoms with Gasteiger partial charge in [0.2, 0.25) is 0 Å². The van der Waals surface area contributed by atoms with E-state index in [9.17, 15) is 18.0 Å². The van der Waals surface area contributed by atoms with Crippen molar-refractivity contribution in [1.82, 2.24) is 4.48 Å². The molecule has 0 unspecified atom stereocenters. The van der Waals surface area contributed by atoms with Crippen LogP contribution < -0.4 is 4.48 Å². The van der Waals surface area contributed by atoms with Gasteiger partial charge in [-0.05, 0) is 13.0 Å². The van der Waals surface area contributed by atoms with Crippen LogP contribution in [-0.2, 0) is 6.18 Å². The highest BCUT2D eigenvalue weighted by Gasteiger charge is 2.41. The molecule has 1 rings (SSSR count). The predicted molar refractivity (Wildman–Crippen MR) is 61.0 cm³/mol. The van der Waals surface area contributed by atoms with Crippen molar-refractivity contribution < 1.29 is 18.0 Å². The Morgan fingerprint density at radius 2 is 1.71 bits per heavy atom. The van der Waals surface area contributed by atoms with E-state index in [-0.39, 0.29) is 15.7 Å². The summed E-state index contributed by atoms with van der Waals surface area (Å²) in [6.07, 6.45) is -4.52.